The topological polar surface area (TPSA) is 103 Å². The molecule has 0 aliphatic heterocycles. The molecule has 1 fully saturated rings. The SMILES string of the molecule is Cn1ncc2c(N)nc3cc(F)c(C(=O)N(Cc4ccc(C#Cc5cscn5)cn4)C4CC4)cc3c21. The van der Waals surface area contributed by atoms with E-state index in [1.807, 2.05) is 17.5 Å². The molecule has 1 aromatic carbocycles. The van der Waals surface area contributed by atoms with Crippen LogP contribution in [0.2, 0.25) is 0 Å². The average Bonchev–Trinajstić information content (AvgIpc) is 3.42. The molecule has 4 heterocycles. The molecule has 8 nitrogen and oxygen atoms in total. The van der Waals surface area contributed by atoms with E-state index in [2.05, 4.69) is 31.9 Å². The maximum atomic E-state index is 15.2. The minimum absolute atomic E-state index is 0.00535. The third-order valence-corrected chi connectivity index (χ3v) is 6.79. The molecule has 0 saturated heterocycles. The molecule has 1 saturated carbocycles. The molecule has 1 aliphatic carbocycles. The molecule has 178 valence electrons. The van der Waals surface area contributed by atoms with Crippen LogP contribution in [0.3, 0.4) is 0 Å². The van der Waals surface area contributed by atoms with Gasteiger partial charge in [-0.1, -0.05) is 5.92 Å². The van der Waals surface area contributed by atoms with Crippen LogP contribution in [0.4, 0.5) is 10.2 Å². The molecule has 0 spiro atoms. The van der Waals surface area contributed by atoms with E-state index in [0.29, 0.717) is 33.2 Å². The number of nitrogens with zero attached hydrogens (tertiary/aromatic N) is 6. The fourth-order valence-electron chi connectivity index (χ4n) is 4.23. The Bertz CT molecular complexity index is 1680. The third kappa shape index (κ3) is 4.03. The van der Waals surface area contributed by atoms with Crippen molar-refractivity contribution in [2.75, 3.05) is 5.73 Å². The highest BCUT2D eigenvalue weighted by molar-refractivity contribution is 7.07. The smallest absolute Gasteiger partial charge is 0.257 e. The van der Waals surface area contributed by atoms with Crippen molar-refractivity contribution >= 4 is 44.9 Å². The summed E-state index contributed by atoms with van der Waals surface area (Å²) in [7, 11) is 1.78. The largest absolute Gasteiger partial charge is 0.383 e. The normalized spacial score (nSPS) is 13.1. The van der Waals surface area contributed by atoms with Gasteiger partial charge in [-0.05, 0) is 37.0 Å². The Balaban J connectivity index is 1.31. The number of amides is 1. The number of pyridine rings is 2. The lowest BCUT2D eigenvalue weighted by Crippen LogP contribution is -2.33. The molecule has 10 heteroatoms. The van der Waals surface area contributed by atoms with Gasteiger partial charge in [0.05, 0.1) is 45.9 Å². The first-order valence-electron chi connectivity index (χ1n) is 11.3. The predicted molar refractivity (Wildman–Crippen MR) is 136 cm³/mol. The van der Waals surface area contributed by atoms with E-state index in [1.54, 1.807) is 40.6 Å². The van der Waals surface area contributed by atoms with Crippen LogP contribution in [0.15, 0.2) is 47.5 Å². The Kier molecular flexibility index (Phi) is 5.34. The average molecular weight is 498 g/mol. The van der Waals surface area contributed by atoms with Gasteiger partial charge >= 0.3 is 0 Å². The predicted octanol–water partition coefficient (Wildman–Crippen LogP) is 3.90. The Labute approximate surface area is 209 Å². The fourth-order valence-corrected chi connectivity index (χ4v) is 4.71. The molecule has 0 atom stereocenters. The summed E-state index contributed by atoms with van der Waals surface area (Å²) >= 11 is 1.49. The minimum atomic E-state index is -0.632. The summed E-state index contributed by atoms with van der Waals surface area (Å²) in [6.45, 7) is 0.280. The van der Waals surface area contributed by atoms with E-state index in [4.69, 9.17) is 5.73 Å². The summed E-state index contributed by atoms with van der Waals surface area (Å²) in [5, 5.41) is 7.42. The number of thiazole rings is 1. The zero-order valence-corrected chi connectivity index (χ0v) is 20.1. The van der Waals surface area contributed by atoms with Crippen LogP contribution >= 0.6 is 11.3 Å². The number of hydrogen-bond donors (Lipinski definition) is 1. The zero-order valence-electron chi connectivity index (χ0n) is 19.3. The van der Waals surface area contributed by atoms with Gasteiger partial charge in [-0.15, -0.1) is 11.3 Å². The van der Waals surface area contributed by atoms with E-state index >= 15 is 4.39 Å². The third-order valence-electron chi connectivity index (χ3n) is 6.20. The second-order valence-corrected chi connectivity index (χ2v) is 9.42. The van der Waals surface area contributed by atoms with Crippen LogP contribution in [0.25, 0.3) is 21.8 Å². The number of carbonyl (C=O) groups excluding carboxylic acids is 1. The van der Waals surface area contributed by atoms with E-state index in [9.17, 15) is 4.79 Å². The number of aryl methyl sites for hydroxylation is 1. The first-order valence-corrected chi connectivity index (χ1v) is 12.3. The molecule has 36 heavy (non-hydrogen) atoms. The molecule has 0 bridgehead atoms. The number of nitrogen functional groups attached to an aromatic ring is 1. The van der Waals surface area contributed by atoms with Crippen molar-refractivity contribution in [1.29, 1.82) is 0 Å². The van der Waals surface area contributed by atoms with Gasteiger partial charge in [0.25, 0.3) is 5.91 Å². The van der Waals surface area contributed by atoms with Gasteiger partial charge in [0.1, 0.15) is 17.3 Å². The van der Waals surface area contributed by atoms with E-state index in [1.165, 1.54) is 17.4 Å². The van der Waals surface area contributed by atoms with Gasteiger partial charge in [-0.3, -0.25) is 14.5 Å². The number of fused-ring (bicyclic) bond motifs is 3. The lowest BCUT2D eigenvalue weighted by Gasteiger charge is -2.22. The molecule has 4 aromatic heterocycles. The summed E-state index contributed by atoms with van der Waals surface area (Å²) in [4.78, 5) is 28.2. The van der Waals surface area contributed by atoms with Gasteiger partial charge < -0.3 is 10.6 Å². The maximum Gasteiger partial charge on any atom is 0.257 e. The number of nitrogens with two attached hydrogens (primary N) is 1. The molecule has 6 rings (SSSR count). The Morgan fingerprint density at radius 2 is 2.08 bits per heavy atom. The second kappa shape index (κ2) is 8.70. The fraction of sp³-hybridized carbons (Fsp3) is 0.192. The number of carbonyl (C=O) groups is 1. The van der Waals surface area contributed by atoms with Crippen molar-refractivity contribution in [2.24, 2.45) is 7.05 Å². The molecule has 1 amide bonds. The lowest BCUT2D eigenvalue weighted by molar-refractivity contribution is 0.0723. The van der Waals surface area contributed by atoms with Crippen LogP contribution in [0.1, 0.15) is 40.2 Å². The lowest BCUT2D eigenvalue weighted by atomic mass is 10.1. The van der Waals surface area contributed by atoms with E-state index in [0.717, 1.165) is 18.4 Å². The van der Waals surface area contributed by atoms with Gasteiger partial charge in [-0.2, -0.15) is 5.10 Å². The molecule has 0 unspecified atom stereocenters. The molecule has 5 aromatic rings. The summed E-state index contributed by atoms with van der Waals surface area (Å²) in [6, 6.07) is 6.59. The van der Waals surface area contributed by atoms with Crippen LogP contribution in [-0.4, -0.2) is 41.6 Å². The Hall–Kier alpha value is -4.36. The van der Waals surface area contributed by atoms with Crippen molar-refractivity contribution in [3.05, 3.63) is 75.9 Å². The van der Waals surface area contributed by atoms with Crippen LogP contribution in [0, 0.1) is 17.7 Å². The monoisotopic (exact) mass is 497 g/mol. The highest BCUT2D eigenvalue weighted by Gasteiger charge is 2.34. The van der Waals surface area contributed by atoms with Crippen LogP contribution in [0.5, 0.6) is 0 Å². The molecule has 1 aliphatic rings. The quantitative estimate of drug-likeness (QED) is 0.378. The minimum Gasteiger partial charge on any atom is -0.383 e. The number of benzene rings is 1. The van der Waals surface area contributed by atoms with Crippen LogP contribution < -0.4 is 5.73 Å². The maximum absolute atomic E-state index is 15.2. The summed E-state index contributed by atoms with van der Waals surface area (Å²) < 4.78 is 16.8. The number of anilines is 1. The van der Waals surface area contributed by atoms with E-state index in [-0.39, 0.29) is 29.9 Å². The number of halogens is 1. The summed E-state index contributed by atoms with van der Waals surface area (Å²) in [5.41, 5.74) is 11.0. The Morgan fingerprint density at radius 1 is 1.22 bits per heavy atom. The summed E-state index contributed by atoms with van der Waals surface area (Å²) in [6.07, 6.45) is 5.05. The van der Waals surface area contributed by atoms with Gasteiger partial charge in [0, 0.05) is 41.7 Å². The van der Waals surface area contributed by atoms with Gasteiger partial charge in [0.2, 0.25) is 0 Å². The first-order chi connectivity index (χ1) is 17.5. The summed E-state index contributed by atoms with van der Waals surface area (Å²) in [5.74, 6) is 5.29. The standard InChI is InChI=1S/C26H20FN7OS/c1-33-24-20-8-19(22(27)9-23(20)32-25(28)21(24)11-31-33)26(35)34(18-6-7-18)12-16-4-2-15(10-29-16)3-5-17-13-36-14-30-17/h2,4,8-11,13-14,18H,6-7,12H2,1H3,(H2,28,32). The van der Waals surface area contributed by atoms with Crippen molar-refractivity contribution < 1.29 is 9.18 Å². The Morgan fingerprint density at radius 3 is 2.81 bits per heavy atom. The molecule has 0 radical (unpaired) electrons. The van der Waals surface area contributed by atoms with Crippen molar-refractivity contribution in [3.63, 3.8) is 0 Å². The number of hydrogen-bond acceptors (Lipinski definition) is 7. The molecular formula is C26H20FN7OS. The van der Waals surface area contributed by atoms with Crippen molar-refractivity contribution in [1.82, 2.24) is 29.6 Å². The molecule has 2 N–H and O–H groups in total. The number of aromatic nitrogens is 5. The van der Waals surface area contributed by atoms with Crippen molar-refractivity contribution in [3.8, 4) is 11.8 Å². The highest BCUT2D eigenvalue weighted by atomic mass is 32.1. The van der Waals surface area contributed by atoms with Crippen molar-refractivity contribution in [2.45, 2.75) is 25.4 Å². The van der Waals surface area contributed by atoms with Crippen LogP contribution in [-0.2, 0) is 13.6 Å². The van der Waals surface area contributed by atoms with Gasteiger partial charge in [0.15, 0.2) is 0 Å². The highest BCUT2D eigenvalue weighted by Crippen LogP contribution is 2.33. The first kappa shape index (κ1) is 22.1. The zero-order chi connectivity index (χ0) is 24.8. The van der Waals surface area contributed by atoms with E-state index < -0.39 is 5.82 Å². The number of rotatable bonds is 4. The molecular weight excluding hydrogens is 477 g/mol. The second-order valence-electron chi connectivity index (χ2n) is 8.70. The van der Waals surface area contributed by atoms with Gasteiger partial charge in [-0.25, -0.2) is 14.4 Å².